The Bertz CT molecular complexity index is 170. The maximum absolute atomic E-state index is 10.6. The molecule has 0 saturated carbocycles. The Balaban J connectivity index is 3.17. The van der Waals surface area contributed by atoms with Crippen LogP contribution in [0.15, 0.2) is 12.3 Å². The quantitative estimate of drug-likeness (QED) is 0.283. The van der Waals surface area contributed by atoms with E-state index in [0.29, 0.717) is 4.73 Å². The molecule has 0 aromatic carbocycles. The van der Waals surface area contributed by atoms with Crippen molar-refractivity contribution in [2.24, 2.45) is 0 Å². The first-order valence-electron chi connectivity index (χ1n) is 2.78. The highest BCUT2D eigenvalue weighted by molar-refractivity contribution is 5.10. The Labute approximate surface area is 54.3 Å². The van der Waals surface area contributed by atoms with Crippen LogP contribution >= 0.6 is 0 Å². The van der Waals surface area contributed by atoms with Crippen molar-refractivity contribution in [1.29, 1.82) is 0 Å². The molecule has 0 radical (unpaired) electrons. The SMILES string of the molecule is Cc1[c-][n+]([O-])cc(C)c1. The maximum Gasteiger partial charge on any atom is 0.128 e. The molecule has 9 heavy (non-hydrogen) atoms. The number of hydrogen-bond donors (Lipinski definition) is 0. The van der Waals surface area contributed by atoms with Crippen molar-refractivity contribution >= 4 is 0 Å². The second-order valence-corrected chi connectivity index (χ2v) is 2.14. The van der Waals surface area contributed by atoms with Crippen LogP contribution in [0.5, 0.6) is 0 Å². The predicted molar refractivity (Wildman–Crippen MR) is 33.7 cm³/mol. The number of aryl methyl sites for hydroxylation is 2. The summed E-state index contributed by atoms with van der Waals surface area (Å²) in [6.45, 7) is 3.73. The molecular weight excluding hydrogens is 114 g/mol. The highest BCUT2D eigenvalue weighted by Crippen LogP contribution is 1.94. The highest BCUT2D eigenvalue weighted by atomic mass is 16.5. The number of pyridine rings is 1. The van der Waals surface area contributed by atoms with Crippen LogP contribution in [-0.4, -0.2) is 0 Å². The number of nitrogens with zero attached hydrogens (tertiary/aromatic N) is 1. The first-order valence-corrected chi connectivity index (χ1v) is 2.78. The minimum Gasteiger partial charge on any atom is -0.641 e. The van der Waals surface area contributed by atoms with Gasteiger partial charge in [-0.05, 0) is 0 Å². The minimum atomic E-state index is 0.699. The third kappa shape index (κ3) is 1.42. The number of rotatable bonds is 0. The zero-order chi connectivity index (χ0) is 6.85. The highest BCUT2D eigenvalue weighted by Gasteiger charge is 1.83. The first-order chi connectivity index (χ1) is 4.18. The zero-order valence-corrected chi connectivity index (χ0v) is 5.51. The largest absolute Gasteiger partial charge is 0.641 e. The van der Waals surface area contributed by atoms with Crippen molar-refractivity contribution < 1.29 is 4.73 Å². The van der Waals surface area contributed by atoms with E-state index in [2.05, 4.69) is 6.20 Å². The van der Waals surface area contributed by atoms with Crippen LogP contribution in [0, 0.1) is 25.3 Å². The van der Waals surface area contributed by atoms with Gasteiger partial charge in [0.1, 0.15) is 6.20 Å². The molecule has 0 amide bonds. The lowest BCUT2D eigenvalue weighted by atomic mass is 10.2. The summed E-state index contributed by atoms with van der Waals surface area (Å²) in [6.07, 6.45) is 4.07. The summed E-state index contributed by atoms with van der Waals surface area (Å²) in [7, 11) is 0. The van der Waals surface area contributed by atoms with Crippen LogP contribution in [0.2, 0.25) is 0 Å². The molecule has 1 rings (SSSR count). The topological polar surface area (TPSA) is 26.9 Å². The van der Waals surface area contributed by atoms with Crippen molar-refractivity contribution in [2.45, 2.75) is 13.8 Å². The molecule has 0 aliphatic carbocycles. The van der Waals surface area contributed by atoms with Crippen LogP contribution < -0.4 is 4.73 Å². The van der Waals surface area contributed by atoms with Gasteiger partial charge >= 0.3 is 0 Å². The summed E-state index contributed by atoms with van der Waals surface area (Å²) >= 11 is 0. The fraction of sp³-hybridized carbons (Fsp3) is 0.286. The summed E-state index contributed by atoms with van der Waals surface area (Å²) in [5, 5.41) is 10.6. The van der Waals surface area contributed by atoms with Crippen LogP contribution in [0.25, 0.3) is 0 Å². The van der Waals surface area contributed by atoms with Gasteiger partial charge in [0.05, 0.1) is 6.20 Å². The lowest BCUT2D eigenvalue weighted by molar-refractivity contribution is -0.610. The van der Waals surface area contributed by atoms with Crippen molar-refractivity contribution in [3.8, 4) is 0 Å². The van der Waals surface area contributed by atoms with E-state index < -0.39 is 0 Å². The zero-order valence-electron chi connectivity index (χ0n) is 5.51. The van der Waals surface area contributed by atoms with Crippen LogP contribution in [-0.2, 0) is 0 Å². The molecule has 1 heterocycles. The molecule has 0 fully saturated rings. The van der Waals surface area contributed by atoms with E-state index in [1.807, 2.05) is 19.9 Å². The third-order valence-corrected chi connectivity index (χ3v) is 1.05. The molecular formula is C7H8NO-. The Morgan fingerprint density at radius 1 is 1.56 bits per heavy atom. The van der Waals surface area contributed by atoms with Gasteiger partial charge in [-0.15, -0.1) is 0 Å². The Kier molecular flexibility index (Phi) is 1.39. The van der Waals surface area contributed by atoms with Crippen LogP contribution in [0.4, 0.5) is 0 Å². The normalized spacial score (nSPS) is 9.56. The summed E-state index contributed by atoms with van der Waals surface area (Å²) in [5.74, 6) is 0. The number of hydrogen-bond acceptors (Lipinski definition) is 1. The van der Waals surface area contributed by atoms with Gasteiger partial charge in [-0.2, -0.15) is 6.07 Å². The molecule has 48 valence electrons. The van der Waals surface area contributed by atoms with Gasteiger partial charge in [-0.3, -0.25) is 4.73 Å². The smallest absolute Gasteiger partial charge is 0.128 e. The molecule has 2 nitrogen and oxygen atoms in total. The molecule has 0 unspecified atom stereocenters. The third-order valence-electron chi connectivity index (χ3n) is 1.05. The molecule has 0 spiro atoms. The Morgan fingerprint density at radius 2 is 2.22 bits per heavy atom. The fourth-order valence-electron chi connectivity index (χ4n) is 0.802. The molecule has 0 aliphatic heterocycles. The summed E-state index contributed by atoms with van der Waals surface area (Å²) < 4.78 is 0.699. The fourth-order valence-corrected chi connectivity index (χ4v) is 0.802. The summed E-state index contributed by atoms with van der Waals surface area (Å²) in [5.41, 5.74) is 1.85. The van der Waals surface area contributed by atoms with Crippen molar-refractivity contribution in [1.82, 2.24) is 0 Å². The Hall–Kier alpha value is -1.05. The number of aromatic nitrogens is 1. The van der Waals surface area contributed by atoms with E-state index in [0.717, 1.165) is 11.1 Å². The summed E-state index contributed by atoms with van der Waals surface area (Å²) in [6, 6.07) is 1.91. The van der Waals surface area contributed by atoms with E-state index in [1.165, 1.54) is 6.20 Å². The molecule has 0 N–H and O–H groups in total. The molecule has 0 saturated heterocycles. The van der Waals surface area contributed by atoms with E-state index in [1.54, 1.807) is 0 Å². The Morgan fingerprint density at radius 3 is 2.67 bits per heavy atom. The van der Waals surface area contributed by atoms with E-state index in [9.17, 15) is 5.21 Å². The van der Waals surface area contributed by atoms with Crippen molar-refractivity contribution in [3.05, 3.63) is 34.8 Å². The average molecular weight is 122 g/mol. The van der Waals surface area contributed by atoms with Gasteiger partial charge in [-0.25, -0.2) is 0 Å². The van der Waals surface area contributed by atoms with E-state index in [4.69, 9.17) is 0 Å². The lowest BCUT2D eigenvalue weighted by Crippen LogP contribution is -2.26. The standard InChI is InChI=1S/C7H8NO/c1-6-3-7(2)5-8(9)4-6/h3-4H,1-2H3/q-1. The van der Waals surface area contributed by atoms with Gasteiger partial charge < -0.3 is 5.21 Å². The minimum absolute atomic E-state index is 0.699. The molecule has 0 bridgehead atoms. The first kappa shape index (κ1) is 6.08. The second-order valence-electron chi connectivity index (χ2n) is 2.14. The van der Waals surface area contributed by atoms with Crippen molar-refractivity contribution in [3.63, 3.8) is 0 Å². The second kappa shape index (κ2) is 2.05. The van der Waals surface area contributed by atoms with Gasteiger partial charge in [0.2, 0.25) is 0 Å². The van der Waals surface area contributed by atoms with Crippen molar-refractivity contribution in [2.75, 3.05) is 0 Å². The van der Waals surface area contributed by atoms with E-state index >= 15 is 0 Å². The molecule has 2 heteroatoms. The molecule has 0 aliphatic rings. The van der Waals surface area contributed by atoms with E-state index in [-0.39, 0.29) is 0 Å². The maximum atomic E-state index is 10.6. The van der Waals surface area contributed by atoms with Crippen LogP contribution in [0.3, 0.4) is 0 Å². The molecule has 0 atom stereocenters. The average Bonchev–Trinajstić information content (AvgIpc) is 1.59. The lowest BCUT2D eigenvalue weighted by Gasteiger charge is -2.05. The monoisotopic (exact) mass is 122 g/mol. The summed E-state index contributed by atoms with van der Waals surface area (Å²) in [4.78, 5) is 0. The molecule has 1 aromatic rings. The van der Waals surface area contributed by atoms with Gasteiger partial charge in [0.25, 0.3) is 0 Å². The predicted octanol–water partition coefficient (Wildman–Crippen LogP) is 0.737. The van der Waals surface area contributed by atoms with Gasteiger partial charge in [0.15, 0.2) is 0 Å². The van der Waals surface area contributed by atoms with Gasteiger partial charge in [0, 0.05) is 0 Å². The van der Waals surface area contributed by atoms with Gasteiger partial charge in [-0.1, -0.05) is 25.0 Å². The van der Waals surface area contributed by atoms with Crippen LogP contribution in [0.1, 0.15) is 11.1 Å². The molecule has 1 aromatic heterocycles.